The lowest BCUT2D eigenvalue weighted by atomic mass is 9.95. The zero-order chi connectivity index (χ0) is 14.7. The molecule has 0 aromatic heterocycles. The highest BCUT2D eigenvalue weighted by atomic mass is 15.1. The lowest BCUT2D eigenvalue weighted by molar-refractivity contribution is 0.460. The Balaban J connectivity index is 1.90. The minimum atomic E-state index is -0.430. The van der Waals surface area contributed by atoms with Crippen LogP contribution in [0, 0.1) is 0 Å². The molecule has 1 unspecified atom stereocenters. The van der Waals surface area contributed by atoms with E-state index in [4.69, 9.17) is 9.98 Å². The highest BCUT2D eigenvalue weighted by molar-refractivity contribution is 6.30. The Morgan fingerprint density at radius 2 is 2.05 bits per heavy atom. The van der Waals surface area contributed by atoms with E-state index in [2.05, 4.69) is 41.8 Å². The van der Waals surface area contributed by atoms with Gasteiger partial charge in [-0.05, 0) is 45.3 Å². The monoisotopic (exact) mass is 284 g/mol. The second-order valence-corrected chi connectivity index (χ2v) is 5.90. The van der Waals surface area contributed by atoms with Crippen LogP contribution in [-0.4, -0.2) is 31.1 Å². The third kappa shape index (κ3) is 2.86. The summed E-state index contributed by atoms with van der Waals surface area (Å²) in [5, 5.41) is 7.13. The quantitative estimate of drug-likeness (QED) is 0.893. The Labute approximate surface area is 126 Å². The summed E-state index contributed by atoms with van der Waals surface area (Å²) in [5.74, 6) is 0. The largest absolute Gasteiger partial charge is 0.382 e. The normalized spacial score (nSPS) is 25.9. The molecule has 0 amide bonds. The third-order valence-electron chi connectivity index (χ3n) is 4.38. The minimum absolute atomic E-state index is 0.430. The van der Waals surface area contributed by atoms with Crippen LogP contribution in [0.25, 0.3) is 0 Å². The van der Waals surface area contributed by atoms with Crippen molar-refractivity contribution in [2.24, 2.45) is 9.98 Å². The van der Waals surface area contributed by atoms with E-state index >= 15 is 0 Å². The Hall–Kier alpha value is -1.68. The number of anilines is 1. The molecule has 2 N–H and O–H groups in total. The van der Waals surface area contributed by atoms with Gasteiger partial charge in [-0.1, -0.05) is 25.1 Å². The SMILES string of the molecule is CCC1(c2ccccc2NC2CCNCC2)N=CC(C)=N1. The van der Waals surface area contributed by atoms with E-state index in [-0.39, 0.29) is 0 Å². The van der Waals surface area contributed by atoms with Gasteiger partial charge in [0.2, 0.25) is 0 Å². The van der Waals surface area contributed by atoms with Gasteiger partial charge in [-0.25, -0.2) is 0 Å². The summed E-state index contributed by atoms with van der Waals surface area (Å²) >= 11 is 0. The number of piperidine rings is 1. The van der Waals surface area contributed by atoms with Crippen molar-refractivity contribution in [1.29, 1.82) is 0 Å². The maximum atomic E-state index is 4.80. The first-order chi connectivity index (χ1) is 10.2. The average molecular weight is 284 g/mol. The van der Waals surface area contributed by atoms with Gasteiger partial charge in [0.1, 0.15) is 0 Å². The van der Waals surface area contributed by atoms with E-state index in [1.165, 1.54) is 24.1 Å². The van der Waals surface area contributed by atoms with Gasteiger partial charge < -0.3 is 10.6 Å². The zero-order valence-corrected chi connectivity index (χ0v) is 12.9. The van der Waals surface area contributed by atoms with Crippen LogP contribution in [0.3, 0.4) is 0 Å². The summed E-state index contributed by atoms with van der Waals surface area (Å²) in [6.07, 6.45) is 5.11. The number of hydrogen-bond donors (Lipinski definition) is 2. The molecule has 1 fully saturated rings. The molecule has 112 valence electrons. The Bertz CT molecular complexity index is 558. The summed E-state index contributed by atoms with van der Waals surface area (Å²) < 4.78 is 0. The van der Waals surface area contributed by atoms with Crippen molar-refractivity contribution in [2.75, 3.05) is 18.4 Å². The van der Waals surface area contributed by atoms with Gasteiger partial charge in [0.05, 0.1) is 5.71 Å². The van der Waals surface area contributed by atoms with Crippen LogP contribution in [0.1, 0.15) is 38.7 Å². The summed E-state index contributed by atoms with van der Waals surface area (Å²) in [7, 11) is 0. The van der Waals surface area contributed by atoms with Gasteiger partial charge in [0.25, 0.3) is 0 Å². The molecule has 2 heterocycles. The molecule has 0 bridgehead atoms. The number of benzene rings is 1. The molecule has 4 heteroatoms. The Morgan fingerprint density at radius 1 is 1.29 bits per heavy atom. The van der Waals surface area contributed by atoms with Crippen LogP contribution in [0.2, 0.25) is 0 Å². The van der Waals surface area contributed by atoms with E-state index in [0.29, 0.717) is 6.04 Å². The summed E-state index contributed by atoms with van der Waals surface area (Å²) in [6, 6.07) is 9.03. The first-order valence-electron chi connectivity index (χ1n) is 7.92. The predicted molar refractivity (Wildman–Crippen MR) is 89.5 cm³/mol. The molecular weight excluding hydrogens is 260 g/mol. The van der Waals surface area contributed by atoms with Gasteiger partial charge in [0.15, 0.2) is 5.66 Å². The van der Waals surface area contributed by atoms with Crippen molar-refractivity contribution in [1.82, 2.24) is 5.32 Å². The molecule has 2 aliphatic rings. The molecule has 1 aromatic rings. The molecule has 0 spiro atoms. The lowest BCUT2D eigenvalue weighted by Crippen LogP contribution is -2.36. The molecule has 1 saturated heterocycles. The van der Waals surface area contributed by atoms with Crippen molar-refractivity contribution < 1.29 is 0 Å². The molecule has 1 aromatic carbocycles. The van der Waals surface area contributed by atoms with E-state index in [9.17, 15) is 0 Å². The molecular formula is C17H24N4. The van der Waals surface area contributed by atoms with Crippen molar-refractivity contribution in [3.05, 3.63) is 29.8 Å². The number of hydrogen-bond acceptors (Lipinski definition) is 4. The Morgan fingerprint density at radius 3 is 2.71 bits per heavy atom. The smallest absolute Gasteiger partial charge is 0.177 e. The van der Waals surface area contributed by atoms with Gasteiger partial charge in [-0.3, -0.25) is 9.98 Å². The first-order valence-corrected chi connectivity index (χ1v) is 7.92. The number of rotatable bonds is 4. The summed E-state index contributed by atoms with van der Waals surface area (Å²) in [4.78, 5) is 9.51. The number of nitrogens with one attached hydrogen (secondary N) is 2. The van der Waals surface area contributed by atoms with Crippen LogP contribution in [0.4, 0.5) is 5.69 Å². The fraction of sp³-hybridized carbons (Fsp3) is 0.529. The van der Waals surface area contributed by atoms with Crippen LogP contribution >= 0.6 is 0 Å². The number of para-hydroxylation sites is 1. The standard InChI is InChI=1S/C17H24N4/c1-3-17(19-12-13(2)21-17)15-6-4-5-7-16(15)20-14-8-10-18-11-9-14/h4-7,12,14,18,20H,3,8-11H2,1-2H3. The highest BCUT2D eigenvalue weighted by Crippen LogP contribution is 2.38. The fourth-order valence-corrected chi connectivity index (χ4v) is 3.18. The first kappa shape index (κ1) is 14.3. The lowest BCUT2D eigenvalue weighted by Gasteiger charge is -2.29. The maximum absolute atomic E-state index is 4.80. The van der Waals surface area contributed by atoms with Crippen molar-refractivity contribution in [3.63, 3.8) is 0 Å². The molecule has 4 nitrogen and oxygen atoms in total. The van der Waals surface area contributed by atoms with Crippen molar-refractivity contribution in [3.8, 4) is 0 Å². The fourth-order valence-electron chi connectivity index (χ4n) is 3.18. The average Bonchev–Trinajstić information content (AvgIpc) is 2.91. The summed E-state index contributed by atoms with van der Waals surface area (Å²) in [6.45, 7) is 6.35. The maximum Gasteiger partial charge on any atom is 0.177 e. The molecule has 0 saturated carbocycles. The van der Waals surface area contributed by atoms with Crippen LogP contribution in [0.15, 0.2) is 34.3 Å². The van der Waals surface area contributed by atoms with Crippen molar-refractivity contribution >= 4 is 17.6 Å². The third-order valence-corrected chi connectivity index (χ3v) is 4.38. The summed E-state index contributed by atoms with van der Waals surface area (Å²) in [5.41, 5.74) is 2.95. The number of nitrogens with zero attached hydrogens (tertiary/aromatic N) is 2. The van der Waals surface area contributed by atoms with Gasteiger partial charge in [-0.2, -0.15) is 0 Å². The number of aliphatic imine (C=N–C) groups is 2. The predicted octanol–water partition coefficient (Wildman–Crippen LogP) is 2.96. The van der Waals surface area contributed by atoms with E-state index in [1.807, 2.05) is 13.1 Å². The molecule has 1 atom stereocenters. The zero-order valence-electron chi connectivity index (χ0n) is 12.9. The second kappa shape index (κ2) is 5.98. The van der Waals surface area contributed by atoms with Crippen LogP contribution in [0.5, 0.6) is 0 Å². The molecule has 2 aliphatic heterocycles. The molecule has 3 rings (SSSR count). The van der Waals surface area contributed by atoms with E-state index < -0.39 is 5.66 Å². The van der Waals surface area contributed by atoms with Gasteiger partial charge >= 0.3 is 0 Å². The molecule has 0 aliphatic carbocycles. The van der Waals surface area contributed by atoms with Gasteiger partial charge in [0, 0.05) is 23.5 Å². The molecule has 0 radical (unpaired) electrons. The van der Waals surface area contributed by atoms with Crippen molar-refractivity contribution in [2.45, 2.75) is 44.8 Å². The van der Waals surface area contributed by atoms with Gasteiger partial charge in [-0.15, -0.1) is 0 Å². The van der Waals surface area contributed by atoms with Crippen LogP contribution in [-0.2, 0) is 5.66 Å². The topological polar surface area (TPSA) is 48.8 Å². The highest BCUT2D eigenvalue weighted by Gasteiger charge is 2.34. The van der Waals surface area contributed by atoms with E-state index in [1.54, 1.807) is 0 Å². The second-order valence-electron chi connectivity index (χ2n) is 5.90. The van der Waals surface area contributed by atoms with E-state index in [0.717, 1.165) is 25.2 Å². The molecule has 21 heavy (non-hydrogen) atoms. The Kier molecular flexibility index (Phi) is 4.06. The minimum Gasteiger partial charge on any atom is -0.382 e. The van der Waals surface area contributed by atoms with Crippen LogP contribution < -0.4 is 10.6 Å².